The highest BCUT2D eigenvalue weighted by Gasteiger charge is 2.43. The van der Waals surface area contributed by atoms with Gasteiger partial charge in [0.2, 0.25) is 0 Å². The molecule has 10 nitrogen and oxygen atoms in total. The molecule has 33 heavy (non-hydrogen) atoms. The molecule has 2 aromatic rings. The smallest absolute Gasteiger partial charge is 0.280 e. The van der Waals surface area contributed by atoms with E-state index in [2.05, 4.69) is 0 Å². The molecule has 0 saturated carbocycles. The van der Waals surface area contributed by atoms with Gasteiger partial charge < -0.3 is 4.42 Å². The summed E-state index contributed by atoms with van der Waals surface area (Å²) in [5, 5.41) is 20.8. The van der Waals surface area contributed by atoms with E-state index >= 15 is 0 Å². The van der Waals surface area contributed by atoms with E-state index in [9.17, 15) is 33.4 Å². The number of nitrogens with zero attached hydrogens (tertiary/aromatic N) is 3. The number of imide groups is 1. The van der Waals surface area contributed by atoms with Crippen LogP contribution in [0.1, 0.15) is 19.1 Å². The maximum atomic E-state index is 13.2. The number of furan rings is 1. The summed E-state index contributed by atoms with van der Waals surface area (Å²) in [5.41, 5.74) is 0.00435. The SMILES string of the molecule is CC1=C(C#N)C(=O)N([C@@H]2CCS(=O)(=O)C2)C(=O)C1=Cc1ccc(-c2ccccc2[N+](=O)[O-])o1. The van der Waals surface area contributed by atoms with E-state index < -0.39 is 32.6 Å². The molecule has 2 aliphatic rings. The average molecular weight is 467 g/mol. The van der Waals surface area contributed by atoms with Gasteiger partial charge in [0.15, 0.2) is 9.84 Å². The van der Waals surface area contributed by atoms with Crippen molar-refractivity contribution in [2.24, 2.45) is 0 Å². The standard InChI is InChI=1S/C22H17N3O7S/c1-13-17(10-15-6-7-20(32-15)16-4-2-3-5-19(16)25(28)29)21(26)24(22(27)18(13)11-23)14-8-9-33(30,31)12-14/h2-7,10,14H,8-9,12H2,1H3/t14-/m1/s1. The fourth-order valence-corrected chi connectivity index (χ4v) is 5.67. The molecule has 1 aromatic carbocycles. The third-order valence-electron chi connectivity index (χ3n) is 5.63. The van der Waals surface area contributed by atoms with E-state index in [-0.39, 0.29) is 57.4 Å². The highest BCUT2D eigenvalue weighted by atomic mass is 32.2. The zero-order valence-corrected chi connectivity index (χ0v) is 18.2. The van der Waals surface area contributed by atoms with Crippen LogP contribution in [0, 0.1) is 21.4 Å². The molecule has 3 heterocycles. The Bertz CT molecular complexity index is 1410. The van der Waals surface area contributed by atoms with Crippen molar-refractivity contribution in [1.82, 2.24) is 4.90 Å². The van der Waals surface area contributed by atoms with Crippen molar-refractivity contribution in [2.45, 2.75) is 19.4 Å². The topological polar surface area (TPSA) is 152 Å². The van der Waals surface area contributed by atoms with Crippen molar-refractivity contribution in [3.05, 3.63) is 69.0 Å². The minimum Gasteiger partial charge on any atom is -0.456 e. The predicted octanol–water partition coefficient (Wildman–Crippen LogP) is 2.63. The molecule has 2 aliphatic heterocycles. The molecule has 0 spiro atoms. The first kappa shape index (κ1) is 22.2. The van der Waals surface area contributed by atoms with Gasteiger partial charge in [-0.15, -0.1) is 0 Å². The summed E-state index contributed by atoms with van der Waals surface area (Å²) in [6.45, 7) is 1.45. The Morgan fingerprint density at radius 1 is 1.21 bits per heavy atom. The molecule has 168 valence electrons. The molecule has 2 amide bonds. The van der Waals surface area contributed by atoms with Crippen LogP contribution < -0.4 is 0 Å². The van der Waals surface area contributed by atoms with Crippen molar-refractivity contribution in [1.29, 1.82) is 5.26 Å². The van der Waals surface area contributed by atoms with E-state index in [1.807, 2.05) is 0 Å². The summed E-state index contributed by atoms with van der Waals surface area (Å²) in [5.74, 6) is -1.65. The van der Waals surface area contributed by atoms with E-state index in [0.717, 1.165) is 4.90 Å². The second-order valence-corrected chi connectivity index (χ2v) is 9.91. The van der Waals surface area contributed by atoms with Crippen molar-refractivity contribution in [3.8, 4) is 17.4 Å². The third kappa shape index (κ3) is 3.96. The van der Waals surface area contributed by atoms with E-state index in [4.69, 9.17) is 4.42 Å². The summed E-state index contributed by atoms with van der Waals surface area (Å²) in [4.78, 5) is 37.6. The highest BCUT2D eigenvalue weighted by Crippen LogP contribution is 2.34. The zero-order chi connectivity index (χ0) is 23.9. The summed E-state index contributed by atoms with van der Waals surface area (Å²) in [7, 11) is -3.38. The lowest BCUT2D eigenvalue weighted by Crippen LogP contribution is -2.49. The molecule has 4 rings (SSSR count). The van der Waals surface area contributed by atoms with Gasteiger partial charge in [0, 0.05) is 11.6 Å². The maximum absolute atomic E-state index is 13.2. The Hall–Kier alpha value is -4.04. The van der Waals surface area contributed by atoms with Gasteiger partial charge in [-0.2, -0.15) is 5.26 Å². The van der Waals surface area contributed by atoms with Gasteiger partial charge in [-0.25, -0.2) is 8.42 Å². The lowest BCUT2D eigenvalue weighted by Gasteiger charge is -2.31. The van der Waals surface area contributed by atoms with E-state index in [0.29, 0.717) is 0 Å². The highest BCUT2D eigenvalue weighted by molar-refractivity contribution is 7.91. The molecular weight excluding hydrogens is 450 g/mol. The number of amides is 2. The molecular formula is C22H17N3O7S. The van der Waals surface area contributed by atoms with Crippen LogP contribution in [0.15, 0.2) is 57.5 Å². The summed E-state index contributed by atoms with van der Waals surface area (Å²) < 4.78 is 29.5. The molecule has 1 aromatic heterocycles. The number of nitriles is 1. The van der Waals surface area contributed by atoms with Crippen molar-refractivity contribution in [3.63, 3.8) is 0 Å². The molecule has 0 N–H and O–H groups in total. The van der Waals surface area contributed by atoms with Crippen molar-refractivity contribution >= 4 is 33.4 Å². The van der Waals surface area contributed by atoms with Crippen LogP contribution in [-0.2, 0) is 19.4 Å². The third-order valence-corrected chi connectivity index (χ3v) is 7.38. The number of hydrogen-bond acceptors (Lipinski definition) is 8. The number of hydrogen-bond donors (Lipinski definition) is 0. The first-order chi connectivity index (χ1) is 15.6. The quantitative estimate of drug-likeness (QED) is 0.288. The number of nitro benzene ring substituents is 1. The maximum Gasteiger partial charge on any atom is 0.280 e. The number of sulfone groups is 1. The Balaban J connectivity index is 1.76. The molecule has 0 aliphatic carbocycles. The van der Waals surface area contributed by atoms with Gasteiger partial charge in [-0.1, -0.05) is 12.1 Å². The number of carbonyl (C=O) groups is 2. The second-order valence-electron chi connectivity index (χ2n) is 7.68. The molecule has 1 saturated heterocycles. The van der Waals surface area contributed by atoms with Crippen molar-refractivity contribution in [2.75, 3.05) is 11.5 Å². The van der Waals surface area contributed by atoms with Gasteiger partial charge in [0.05, 0.1) is 28.0 Å². The second kappa shape index (κ2) is 8.14. The van der Waals surface area contributed by atoms with Crippen LogP contribution in [0.2, 0.25) is 0 Å². The van der Waals surface area contributed by atoms with Crippen LogP contribution in [0.3, 0.4) is 0 Å². The normalized spacial score (nSPS) is 21.5. The van der Waals surface area contributed by atoms with Gasteiger partial charge in [-0.05, 0) is 43.2 Å². The first-order valence-electron chi connectivity index (χ1n) is 9.88. The van der Waals surface area contributed by atoms with Gasteiger partial charge in [0.25, 0.3) is 17.5 Å². The fraction of sp³-hybridized carbons (Fsp3) is 0.227. The zero-order valence-electron chi connectivity index (χ0n) is 17.3. The Labute approximate surface area is 188 Å². The molecule has 0 bridgehead atoms. The van der Waals surface area contributed by atoms with Crippen LogP contribution in [0.25, 0.3) is 17.4 Å². The lowest BCUT2D eigenvalue weighted by molar-refractivity contribution is -0.384. The lowest BCUT2D eigenvalue weighted by atomic mass is 9.93. The fourth-order valence-electron chi connectivity index (χ4n) is 3.97. The summed E-state index contributed by atoms with van der Waals surface area (Å²) in [6.07, 6.45) is 1.45. The molecule has 11 heteroatoms. The van der Waals surface area contributed by atoms with E-state index in [1.54, 1.807) is 12.1 Å². The molecule has 1 atom stereocenters. The Kier molecular flexibility index (Phi) is 5.47. The van der Waals surface area contributed by atoms with Crippen LogP contribution in [0.4, 0.5) is 5.69 Å². The minimum atomic E-state index is -3.38. The van der Waals surface area contributed by atoms with Gasteiger partial charge in [0.1, 0.15) is 23.2 Å². The van der Waals surface area contributed by atoms with Crippen LogP contribution in [0.5, 0.6) is 0 Å². The first-order valence-corrected chi connectivity index (χ1v) is 11.7. The van der Waals surface area contributed by atoms with Gasteiger partial charge >= 0.3 is 0 Å². The number of rotatable bonds is 4. The number of carbonyl (C=O) groups excluding carboxylic acids is 2. The molecule has 0 unspecified atom stereocenters. The average Bonchev–Trinajstić information content (AvgIpc) is 3.37. The predicted molar refractivity (Wildman–Crippen MR) is 116 cm³/mol. The largest absolute Gasteiger partial charge is 0.456 e. The van der Waals surface area contributed by atoms with Crippen LogP contribution in [-0.4, -0.2) is 47.6 Å². The number of nitro groups is 1. The Morgan fingerprint density at radius 2 is 1.94 bits per heavy atom. The Morgan fingerprint density at radius 3 is 2.58 bits per heavy atom. The van der Waals surface area contributed by atoms with Crippen molar-refractivity contribution < 1.29 is 27.3 Å². The molecule has 0 radical (unpaired) electrons. The van der Waals surface area contributed by atoms with E-state index in [1.165, 1.54) is 43.3 Å². The van der Waals surface area contributed by atoms with Gasteiger partial charge in [-0.3, -0.25) is 24.6 Å². The van der Waals surface area contributed by atoms with Crippen LogP contribution >= 0.6 is 0 Å². The monoisotopic (exact) mass is 467 g/mol. The minimum absolute atomic E-state index is 0.0129. The number of benzene rings is 1. The molecule has 1 fully saturated rings. The summed E-state index contributed by atoms with van der Waals surface area (Å²) >= 11 is 0. The summed E-state index contributed by atoms with van der Waals surface area (Å²) in [6, 6.07) is 9.99. The number of para-hydroxylation sites is 1.